The number of hydrogen-bond acceptors (Lipinski definition) is 3. The highest BCUT2D eigenvalue weighted by atomic mass is 15.3. The molecule has 2 heterocycles. The molecule has 0 amide bonds. The fourth-order valence-electron chi connectivity index (χ4n) is 2.71. The Morgan fingerprint density at radius 3 is 2.84 bits per heavy atom. The smallest absolute Gasteiger partial charge is 0.120 e. The standard InChI is InChI=1S/C15H20N4/c1-18-9-10-19(12-15-16-7-8-17-15)11-14(18)13-5-3-2-4-6-13/h2-8,14H,9-12H2,1H3,(H,16,17). The molecule has 1 unspecified atom stereocenters. The van der Waals surface area contributed by atoms with Crippen LogP contribution >= 0.6 is 0 Å². The summed E-state index contributed by atoms with van der Waals surface area (Å²) in [6.45, 7) is 4.16. The van der Waals surface area contributed by atoms with Crippen LogP contribution in [0.5, 0.6) is 0 Å². The molecule has 4 heteroatoms. The molecule has 1 aromatic carbocycles. The highest BCUT2D eigenvalue weighted by Crippen LogP contribution is 2.24. The van der Waals surface area contributed by atoms with Gasteiger partial charge < -0.3 is 4.98 Å². The maximum absolute atomic E-state index is 4.32. The average Bonchev–Trinajstić information content (AvgIpc) is 2.95. The Balaban J connectivity index is 1.70. The third-order valence-electron chi connectivity index (χ3n) is 3.84. The first-order chi connectivity index (χ1) is 9.33. The first-order valence-corrected chi connectivity index (χ1v) is 6.79. The van der Waals surface area contributed by atoms with Crippen molar-refractivity contribution in [1.29, 1.82) is 0 Å². The van der Waals surface area contributed by atoms with Crippen LogP contribution in [-0.4, -0.2) is 46.4 Å². The van der Waals surface area contributed by atoms with E-state index in [9.17, 15) is 0 Å². The lowest BCUT2D eigenvalue weighted by Crippen LogP contribution is -2.46. The quantitative estimate of drug-likeness (QED) is 0.911. The van der Waals surface area contributed by atoms with Gasteiger partial charge in [0.2, 0.25) is 0 Å². The summed E-state index contributed by atoms with van der Waals surface area (Å²) in [6.07, 6.45) is 3.71. The van der Waals surface area contributed by atoms with Gasteiger partial charge in [0.05, 0.1) is 6.54 Å². The van der Waals surface area contributed by atoms with Gasteiger partial charge in [0.1, 0.15) is 5.82 Å². The van der Waals surface area contributed by atoms with Crippen molar-refractivity contribution in [3.8, 4) is 0 Å². The molecular weight excluding hydrogens is 236 g/mol. The normalized spacial score (nSPS) is 21.6. The number of piperazine rings is 1. The molecule has 100 valence electrons. The van der Waals surface area contributed by atoms with E-state index in [-0.39, 0.29) is 0 Å². The van der Waals surface area contributed by atoms with Crippen molar-refractivity contribution in [2.75, 3.05) is 26.7 Å². The van der Waals surface area contributed by atoms with E-state index < -0.39 is 0 Å². The summed E-state index contributed by atoms with van der Waals surface area (Å²) in [4.78, 5) is 12.4. The third-order valence-corrected chi connectivity index (χ3v) is 3.84. The highest BCUT2D eigenvalue weighted by molar-refractivity contribution is 5.20. The second kappa shape index (κ2) is 5.55. The number of aromatic amines is 1. The van der Waals surface area contributed by atoms with Crippen molar-refractivity contribution in [3.05, 3.63) is 54.1 Å². The predicted octanol–water partition coefficient (Wildman–Crippen LogP) is 1.90. The maximum atomic E-state index is 4.32. The minimum atomic E-state index is 0.477. The molecule has 2 aromatic rings. The molecular formula is C15H20N4. The molecule has 1 aliphatic rings. The minimum Gasteiger partial charge on any atom is -0.348 e. The first-order valence-electron chi connectivity index (χ1n) is 6.79. The van der Waals surface area contributed by atoms with Crippen LogP contribution < -0.4 is 0 Å². The van der Waals surface area contributed by atoms with Gasteiger partial charge in [-0.25, -0.2) is 4.98 Å². The number of benzene rings is 1. The van der Waals surface area contributed by atoms with E-state index >= 15 is 0 Å². The van der Waals surface area contributed by atoms with Crippen LogP contribution in [0.4, 0.5) is 0 Å². The summed E-state index contributed by atoms with van der Waals surface area (Å²) in [5, 5.41) is 0. The SMILES string of the molecule is CN1CCN(Cc2ncc[nH]2)CC1c1ccccc1. The van der Waals surface area contributed by atoms with E-state index in [1.807, 2.05) is 12.4 Å². The zero-order valence-electron chi connectivity index (χ0n) is 11.3. The lowest BCUT2D eigenvalue weighted by molar-refractivity contribution is 0.0888. The molecule has 0 radical (unpaired) electrons. The largest absolute Gasteiger partial charge is 0.348 e. The van der Waals surface area contributed by atoms with Crippen molar-refractivity contribution >= 4 is 0 Å². The van der Waals surface area contributed by atoms with E-state index in [1.54, 1.807) is 0 Å². The van der Waals surface area contributed by atoms with Gasteiger partial charge in [-0.1, -0.05) is 30.3 Å². The summed E-state index contributed by atoms with van der Waals surface area (Å²) in [6, 6.07) is 11.2. The zero-order chi connectivity index (χ0) is 13.1. The van der Waals surface area contributed by atoms with Crippen molar-refractivity contribution in [2.45, 2.75) is 12.6 Å². The van der Waals surface area contributed by atoms with Gasteiger partial charge in [-0.2, -0.15) is 0 Å². The molecule has 1 atom stereocenters. The number of nitrogens with one attached hydrogen (secondary N) is 1. The number of nitrogens with zero attached hydrogens (tertiary/aromatic N) is 3. The summed E-state index contributed by atoms with van der Waals surface area (Å²) < 4.78 is 0. The number of H-pyrrole nitrogens is 1. The van der Waals surface area contributed by atoms with E-state index in [1.165, 1.54) is 5.56 Å². The lowest BCUT2D eigenvalue weighted by Gasteiger charge is -2.39. The topological polar surface area (TPSA) is 35.2 Å². The van der Waals surface area contributed by atoms with Gasteiger partial charge in [0.25, 0.3) is 0 Å². The Morgan fingerprint density at radius 2 is 2.11 bits per heavy atom. The zero-order valence-corrected chi connectivity index (χ0v) is 11.3. The van der Waals surface area contributed by atoms with E-state index in [0.29, 0.717) is 6.04 Å². The van der Waals surface area contributed by atoms with E-state index in [2.05, 4.69) is 57.1 Å². The molecule has 0 saturated carbocycles. The van der Waals surface area contributed by atoms with E-state index in [0.717, 1.165) is 32.0 Å². The number of likely N-dealkylation sites (N-methyl/N-ethyl adjacent to an activating group) is 1. The molecule has 1 fully saturated rings. The van der Waals surface area contributed by atoms with Gasteiger partial charge >= 0.3 is 0 Å². The van der Waals surface area contributed by atoms with Crippen LogP contribution in [0.1, 0.15) is 17.4 Å². The van der Waals surface area contributed by atoms with Crippen LogP contribution in [0, 0.1) is 0 Å². The monoisotopic (exact) mass is 256 g/mol. The summed E-state index contributed by atoms with van der Waals surface area (Å²) >= 11 is 0. The number of aromatic nitrogens is 2. The fourth-order valence-corrected chi connectivity index (χ4v) is 2.71. The molecule has 1 aliphatic heterocycles. The Labute approximate surface area is 114 Å². The minimum absolute atomic E-state index is 0.477. The highest BCUT2D eigenvalue weighted by Gasteiger charge is 2.25. The predicted molar refractivity (Wildman–Crippen MR) is 75.7 cm³/mol. The summed E-state index contributed by atoms with van der Waals surface area (Å²) in [5.41, 5.74) is 1.40. The molecule has 1 aromatic heterocycles. The Kier molecular flexibility index (Phi) is 3.62. The van der Waals surface area contributed by atoms with Crippen molar-refractivity contribution < 1.29 is 0 Å². The van der Waals surface area contributed by atoms with Gasteiger partial charge in [-0.05, 0) is 12.6 Å². The number of hydrogen-bond donors (Lipinski definition) is 1. The van der Waals surface area contributed by atoms with Gasteiger partial charge in [0, 0.05) is 38.1 Å². The van der Waals surface area contributed by atoms with Crippen LogP contribution in [0.2, 0.25) is 0 Å². The van der Waals surface area contributed by atoms with Crippen molar-refractivity contribution in [2.24, 2.45) is 0 Å². The Morgan fingerprint density at radius 1 is 1.26 bits per heavy atom. The molecule has 1 saturated heterocycles. The van der Waals surface area contributed by atoms with Crippen LogP contribution in [0.3, 0.4) is 0 Å². The van der Waals surface area contributed by atoms with Gasteiger partial charge in [0.15, 0.2) is 0 Å². The molecule has 4 nitrogen and oxygen atoms in total. The summed E-state index contributed by atoms with van der Waals surface area (Å²) in [7, 11) is 2.21. The van der Waals surface area contributed by atoms with Crippen LogP contribution in [0.25, 0.3) is 0 Å². The number of imidazole rings is 1. The fraction of sp³-hybridized carbons (Fsp3) is 0.400. The van der Waals surface area contributed by atoms with Crippen LogP contribution in [-0.2, 0) is 6.54 Å². The number of rotatable bonds is 3. The van der Waals surface area contributed by atoms with Crippen molar-refractivity contribution in [1.82, 2.24) is 19.8 Å². The average molecular weight is 256 g/mol. The van der Waals surface area contributed by atoms with E-state index in [4.69, 9.17) is 0 Å². The van der Waals surface area contributed by atoms with Crippen LogP contribution in [0.15, 0.2) is 42.7 Å². The van der Waals surface area contributed by atoms with Gasteiger partial charge in [-0.3, -0.25) is 9.80 Å². The lowest BCUT2D eigenvalue weighted by atomic mass is 10.0. The maximum Gasteiger partial charge on any atom is 0.120 e. The molecule has 0 spiro atoms. The molecule has 0 aliphatic carbocycles. The molecule has 3 rings (SSSR count). The summed E-state index contributed by atoms with van der Waals surface area (Å²) in [5.74, 6) is 1.05. The second-order valence-corrected chi connectivity index (χ2v) is 5.18. The second-order valence-electron chi connectivity index (χ2n) is 5.18. The Hall–Kier alpha value is -1.65. The first kappa shape index (κ1) is 12.4. The molecule has 0 bridgehead atoms. The Bertz CT molecular complexity index is 494. The third kappa shape index (κ3) is 2.85. The van der Waals surface area contributed by atoms with Crippen molar-refractivity contribution in [3.63, 3.8) is 0 Å². The molecule has 1 N–H and O–H groups in total. The molecule has 19 heavy (non-hydrogen) atoms. The van der Waals surface area contributed by atoms with Gasteiger partial charge in [-0.15, -0.1) is 0 Å².